The third-order valence-corrected chi connectivity index (χ3v) is 20.2. The molecule has 0 bridgehead atoms. The van der Waals surface area contributed by atoms with Gasteiger partial charge in [0.2, 0.25) is 0 Å². The summed E-state index contributed by atoms with van der Waals surface area (Å²) in [5, 5.41) is 16.9. The first-order valence-electron chi connectivity index (χ1n) is 44.6. The van der Waals surface area contributed by atoms with Crippen molar-refractivity contribution in [3.8, 4) is 57.5 Å². The number of anilines is 10. The van der Waals surface area contributed by atoms with Gasteiger partial charge in [-0.3, -0.25) is 0 Å². The molecule has 10 heteroatoms. The van der Waals surface area contributed by atoms with Gasteiger partial charge in [-0.2, -0.15) is 0 Å². The molecule has 5 aliphatic heterocycles. The summed E-state index contributed by atoms with van der Waals surface area (Å²) in [6.07, 6.45) is 0. The molecule has 0 N–H and O–H groups in total. The number of benzene rings is 17. The fraction of sp³-hybridized carbons (Fsp3) is 0.221. The van der Waals surface area contributed by atoms with Gasteiger partial charge in [0.1, 0.15) is 0 Å². The number of fused-ring (bicyclic) bond motifs is 22. The monoisotopic (exact) mass is 1640 g/mol. The van der Waals surface area contributed by atoms with Crippen molar-refractivity contribution in [1.82, 2.24) is 0 Å². The predicted octanol–water partition coefficient (Wildman–Crippen LogP) is 36.1. The third kappa shape index (κ3) is 20.4. The van der Waals surface area contributed by atoms with Gasteiger partial charge in [-0.15, -0.1) is 0 Å². The van der Waals surface area contributed by atoms with Gasteiger partial charge in [0.25, 0.3) is 0 Å². The Hall–Kier alpha value is -13.4. The van der Waals surface area contributed by atoms with Crippen LogP contribution in [0.25, 0.3) is 75.4 Å². The normalized spacial score (nSPS) is 11.2. The number of rotatable bonds is 0. The number of hydrogen-bond donors (Lipinski definition) is 0. The van der Waals surface area contributed by atoms with E-state index in [1.54, 1.807) is 0 Å². The van der Waals surface area contributed by atoms with Crippen LogP contribution in [0.4, 0.5) is 56.9 Å². The first kappa shape index (κ1) is 95.0. The largest absolute Gasteiger partial charge is 0.453 e. The lowest BCUT2D eigenvalue weighted by Gasteiger charge is -2.31. The summed E-state index contributed by atoms with van der Waals surface area (Å²) in [5.41, 5.74) is 11.1. The Morgan fingerprint density at radius 2 is 0.358 bits per heavy atom. The Morgan fingerprint density at radius 3 is 0.724 bits per heavy atom. The van der Waals surface area contributed by atoms with Crippen molar-refractivity contribution in [3.05, 3.63) is 328 Å². The minimum Gasteiger partial charge on any atom is -0.453 e. The van der Waals surface area contributed by atoms with E-state index in [-0.39, 0.29) is 0 Å². The van der Waals surface area contributed by atoms with Crippen LogP contribution < -0.4 is 48.2 Å². The second-order valence-corrected chi connectivity index (χ2v) is 26.2. The van der Waals surface area contributed by atoms with Crippen molar-refractivity contribution in [3.63, 3.8) is 0 Å². The van der Waals surface area contributed by atoms with Crippen LogP contribution in [0.15, 0.2) is 328 Å². The zero-order valence-electron chi connectivity index (χ0n) is 77.5. The van der Waals surface area contributed by atoms with Crippen LogP contribution in [0.2, 0.25) is 0 Å². The fourth-order valence-electron chi connectivity index (χ4n) is 15.0. The predicted molar refractivity (Wildman–Crippen MR) is 541 cm³/mol. The van der Waals surface area contributed by atoms with Crippen molar-refractivity contribution >= 4 is 132 Å². The Kier molecular flexibility index (Phi) is 36.7. The van der Waals surface area contributed by atoms with Crippen LogP contribution in [-0.2, 0) is 0 Å². The smallest absolute Gasteiger partial charge is 0.158 e. The van der Waals surface area contributed by atoms with E-state index in [2.05, 4.69) is 321 Å². The van der Waals surface area contributed by atoms with Crippen LogP contribution in [0.1, 0.15) is 138 Å². The van der Waals surface area contributed by atoms with Crippen LogP contribution in [-0.4, -0.2) is 35.2 Å². The molecule has 17 aromatic carbocycles. The molecule has 0 saturated carbocycles. The highest BCUT2D eigenvalue weighted by Gasteiger charge is 2.29. The van der Waals surface area contributed by atoms with E-state index in [0.29, 0.717) is 0 Å². The average molecular weight is 1640 g/mol. The molecule has 0 aromatic heterocycles. The van der Waals surface area contributed by atoms with Gasteiger partial charge < -0.3 is 48.2 Å². The zero-order chi connectivity index (χ0) is 89.2. The maximum absolute atomic E-state index is 6.33. The van der Waals surface area contributed by atoms with E-state index in [1.165, 1.54) is 64.6 Å². The van der Waals surface area contributed by atoms with E-state index in [4.69, 9.17) is 23.7 Å². The van der Waals surface area contributed by atoms with Crippen LogP contribution in [0.3, 0.4) is 0 Å². The summed E-state index contributed by atoms with van der Waals surface area (Å²) < 4.78 is 30.7. The summed E-state index contributed by atoms with van der Waals surface area (Å²) in [5.74, 6) is 9.18. The van der Waals surface area contributed by atoms with Crippen LogP contribution >= 0.6 is 0 Å². The van der Waals surface area contributed by atoms with Crippen LogP contribution in [0, 0.1) is 0 Å². The molecule has 5 aliphatic rings. The number of ether oxygens (including phenoxy) is 5. The van der Waals surface area contributed by atoms with Crippen molar-refractivity contribution in [2.75, 3.05) is 59.7 Å². The number of nitrogens with zero attached hydrogens (tertiary/aromatic N) is 5. The highest BCUT2D eigenvalue weighted by Crippen LogP contribution is 2.55. The van der Waals surface area contributed by atoms with Gasteiger partial charge in [-0.1, -0.05) is 375 Å². The average Bonchev–Trinajstić information content (AvgIpc) is 0.755. The molecule has 636 valence electrons. The molecule has 123 heavy (non-hydrogen) atoms. The van der Waals surface area contributed by atoms with Crippen molar-refractivity contribution in [2.45, 2.75) is 138 Å². The van der Waals surface area contributed by atoms with Gasteiger partial charge in [-0.05, 0) is 139 Å². The molecule has 0 saturated heterocycles. The van der Waals surface area contributed by atoms with Crippen LogP contribution in [0.5, 0.6) is 57.5 Å². The SMILES string of the molecule is CC.CC.CC.CC.CC.CC.CC.CC.CC.CC.CN1c2cc3ccccc3cc2Oc2ccc3ccccc3c21.CN1c2ccc3ccccc3c2Oc2ccc3ccccc3c21.CN1c2ccccc2Oc2c1ccc1ccccc21.CN1c2ccccc2Oc2cc3ccccc3cc21.CN1c2ccccc2Oc2ccc3ccccc3c21. The summed E-state index contributed by atoms with van der Waals surface area (Å²) >= 11 is 0. The second kappa shape index (κ2) is 47.5. The molecule has 5 heterocycles. The second-order valence-electron chi connectivity index (χ2n) is 26.2. The Balaban J connectivity index is 0.000000182. The molecule has 22 rings (SSSR count). The van der Waals surface area contributed by atoms with E-state index in [0.717, 1.165) is 125 Å². The van der Waals surface area contributed by atoms with Gasteiger partial charge in [0.05, 0.1) is 56.9 Å². The van der Waals surface area contributed by atoms with Crippen molar-refractivity contribution in [2.24, 2.45) is 0 Å². The Bertz CT molecular complexity index is 6120. The lowest BCUT2D eigenvalue weighted by molar-refractivity contribution is 0.476. The molecule has 0 atom stereocenters. The molecular weight excluding hydrogens is 1510 g/mol. The van der Waals surface area contributed by atoms with Gasteiger partial charge >= 0.3 is 0 Å². The summed E-state index contributed by atoms with van der Waals surface area (Å²) in [6, 6.07) is 113. The first-order valence-corrected chi connectivity index (χ1v) is 44.6. The maximum Gasteiger partial charge on any atom is 0.158 e. The van der Waals surface area contributed by atoms with Gasteiger partial charge in [0.15, 0.2) is 57.5 Å². The number of para-hydroxylation sites is 6. The van der Waals surface area contributed by atoms with Gasteiger partial charge in [-0.25, -0.2) is 0 Å². The van der Waals surface area contributed by atoms with E-state index < -0.39 is 0 Å². The molecule has 0 aliphatic carbocycles. The lowest BCUT2D eigenvalue weighted by atomic mass is 10.0. The molecule has 10 nitrogen and oxygen atoms in total. The molecule has 0 spiro atoms. The van der Waals surface area contributed by atoms with Crippen molar-refractivity contribution < 1.29 is 23.7 Å². The quantitative estimate of drug-likeness (QED) is 0.147. The zero-order valence-corrected chi connectivity index (χ0v) is 77.5. The van der Waals surface area contributed by atoms with E-state index in [9.17, 15) is 0 Å². The van der Waals surface area contributed by atoms with Gasteiger partial charge in [0, 0.05) is 62.2 Å². The van der Waals surface area contributed by atoms with E-state index >= 15 is 0 Å². The maximum atomic E-state index is 6.33. The highest BCUT2D eigenvalue weighted by atomic mass is 16.5. The molecule has 17 aromatic rings. The molecule has 0 amide bonds. The summed E-state index contributed by atoms with van der Waals surface area (Å²) in [7, 11) is 10.5. The Morgan fingerprint density at radius 1 is 0.146 bits per heavy atom. The Labute approximate surface area is 734 Å². The summed E-state index contributed by atoms with van der Waals surface area (Å²) in [6.45, 7) is 40.0. The third-order valence-electron chi connectivity index (χ3n) is 20.2. The molecule has 0 radical (unpaired) electrons. The number of hydrogen-bond acceptors (Lipinski definition) is 10. The molecular formula is C113H129N5O5. The highest BCUT2D eigenvalue weighted by molar-refractivity contribution is 6.07. The van der Waals surface area contributed by atoms with Crippen molar-refractivity contribution in [1.29, 1.82) is 0 Å². The fourth-order valence-corrected chi connectivity index (χ4v) is 15.0. The topological polar surface area (TPSA) is 62.3 Å². The summed E-state index contributed by atoms with van der Waals surface area (Å²) in [4.78, 5) is 11.0. The van der Waals surface area contributed by atoms with E-state index in [1.807, 2.05) is 205 Å². The molecule has 0 fully saturated rings. The molecule has 0 unspecified atom stereocenters. The lowest BCUT2D eigenvalue weighted by Crippen LogP contribution is -2.16. The standard InChI is InChI=1S/2C21H15NO.3C17H13NO.10C2H6/c1-22-18-12-10-15-7-3-5-9-17(15)21(18)23-19-13-11-14-6-2-4-8-16(14)20(19)22;1-22-18-12-15-7-2-3-8-16(15)13-20(18)23-19-11-10-14-6-4-5-9-17(14)21(19)22;1-18-14-8-4-5-9-16(14)19-17-11-13-7-3-2-6-12(13)10-15(17)18;1-18-14-8-4-5-9-16(14)19-17-13-7-3-2-6-12(13)10-11-15(17)18;1-18-14-8-4-5-9-15(14)19-16-11-10-12-6-2-3-7-13(12)17(16)18;10*1-2/h2*2-13H,1H3;3*2-11H,1H3;10*1-2H3. The minimum atomic E-state index is 0.910. The minimum absolute atomic E-state index is 0.910. The first-order chi connectivity index (χ1) is 60.6.